The monoisotopic (exact) mass is 483 g/mol. The summed E-state index contributed by atoms with van der Waals surface area (Å²) >= 11 is 0. The van der Waals surface area contributed by atoms with E-state index in [0.717, 1.165) is 5.56 Å². The molecule has 0 saturated carbocycles. The summed E-state index contributed by atoms with van der Waals surface area (Å²) in [6, 6.07) is 5.29. The Hall–Kier alpha value is -0.900. The molecule has 0 amide bonds. The SMILES string of the molecule is Cc1ccc(CN=C(NCC2CCS(=O)(=O)C2)NC(C)C)cc1F.I. The van der Waals surface area contributed by atoms with Crippen LogP contribution in [0, 0.1) is 18.7 Å². The van der Waals surface area contributed by atoms with E-state index in [0.29, 0.717) is 31.0 Å². The van der Waals surface area contributed by atoms with Crippen LogP contribution in [0.4, 0.5) is 4.39 Å². The molecule has 1 fully saturated rings. The zero-order valence-electron chi connectivity index (χ0n) is 14.9. The van der Waals surface area contributed by atoms with Gasteiger partial charge in [0.05, 0.1) is 18.1 Å². The molecule has 0 aliphatic carbocycles. The molecule has 0 bridgehead atoms. The third-order valence-electron chi connectivity index (χ3n) is 3.97. The Kier molecular flexibility index (Phi) is 8.59. The zero-order valence-corrected chi connectivity index (χ0v) is 18.0. The quantitative estimate of drug-likeness (QED) is 0.384. The highest BCUT2D eigenvalue weighted by atomic mass is 127. The molecule has 1 aliphatic heterocycles. The molecule has 8 heteroatoms. The second kappa shape index (κ2) is 9.70. The molecule has 1 unspecified atom stereocenters. The first kappa shape index (κ1) is 22.1. The van der Waals surface area contributed by atoms with Crippen molar-refractivity contribution in [2.75, 3.05) is 18.1 Å². The van der Waals surface area contributed by atoms with Gasteiger partial charge in [-0.1, -0.05) is 12.1 Å². The topological polar surface area (TPSA) is 70.6 Å². The van der Waals surface area contributed by atoms with Crippen molar-refractivity contribution in [3.8, 4) is 0 Å². The van der Waals surface area contributed by atoms with E-state index in [-0.39, 0.29) is 53.3 Å². The number of nitrogens with zero attached hydrogens (tertiary/aromatic N) is 1. The molecule has 1 saturated heterocycles. The highest BCUT2D eigenvalue weighted by molar-refractivity contribution is 14.0. The van der Waals surface area contributed by atoms with E-state index in [1.165, 1.54) is 6.07 Å². The first-order chi connectivity index (χ1) is 11.2. The average Bonchev–Trinajstić information content (AvgIpc) is 2.84. The van der Waals surface area contributed by atoms with Gasteiger partial charge in [0, 0.05) is 12.6 Å². The van der Waals surface area contributed by atoms with Crippen LogP contribution in [0.15, 0.2) is 23.2 Å². The Balaban J connectivity index is 0.00000312. The van der Waals surface area contributed by atoms with Crippen molar-refractivity contribution >= 4 is 39.8 Å². The summed E-state index contributed by atoms with van der Waals surface area (Å²) in [6.07, 6.45) is 0.688. The highest BCUT2D eigenvalue weighted by Gasteiger charge is 2.27. The molecule has 1 heterocycles. The number of guanidine groups is 1. The van der Waals surface area contributed by atoms with Crippen molar-refractivity contribution in [1.29, 1.82) is 0 Å². The fourth-order valence-corrected chi connectivity index (χ4v) is 4.47. The van der Waals surface area contributed by atoms with Gasteiger partial charge in [-0.25, -0.2) is 17.8 Å². The summed E-state index contributed by atoms with van der Waals surface area (Å²) in [5, 5.41) is 6.42. The first-order valence-electron chi connectivity index (χ1n) is 8.25. The maximum absolute atomic E-state index is 13.6. The molecule has 0 radical (unpaired) electrons. The summed E-state index contributed by atoms with van der Waals surface area (Å²) in [5.41, 5.74) is 1.41. The maximum atomic E-state index is 13.6. The standard InChI is InChI=1S/C17H26FN3O2S.HI/c1-12(2)21-17(20-10-15-6-7-24(22,23)11-15)19-9-14-5-4-13(3)16(18)8-14;/h4-5,8,12,15H,6-7,9-11H2,1-3H3,(H2,19,20,21);1H. The molecule has 2 rings (SSSR count). The predicted octanol–water partition coefficient (Wildman–Crippen LogP) is 2.63. The van der Waals surface area contributed by atoms with Crippen LogP contribution < -0.4 is 10.6 Å². The fraction of sp³-hybridized carbons (Fsp3) is 0.588. The molecule has 1 atom stereocenters. The van der Waals surface area contributed by atoms with Crippen LogP contribution >= 0.6 is 24.0 Å². The van der Waals surface area contributed by atoms with E-state index in [4.69, 9.17) is 0 Å². The van der Waals surface area contributed by atoms with Gasteiger partial charge in [-0.05, 0) is 50.3 Å². The average molecular weight is 483 g/mol. The largest absolute Gasteiger partial charge is 0.356 e. The fourth-order valence-electron chi connectivity index (χ4n) is 2.61. The number of sulfone groups is 1. The Morgan fingerprint density at radius 2 is 2.12 bits per heavy atom. The molecule has 1 aliphatic rings. The van der Waals surface area contributed by atoms with Gasteiger partial charge in [-0.2, -0.15) is 0 Å². The van der Waals surface area contributed by atoms with Gasteiger partial charge in [-0.15, -0.1) is 24.0 Å². The molecular weight excluding hydrogens is 456 g/mol. The second-order valence-electron chi connectivity index (χ2n) is 6.70. The zero-order chi connectivity index (χ0) is 17.7. The van der Waals surface area contributed by atoms with Crippen molar-refractivity contribution < 1.29 is 12.8 Å². The summed E-state index contributed by atoms with van der Waals surface area (Å²) in [4.78, 5) is 4.48. The summed E-state index contributed by atoms with van der Waals surface area (Å²) in [5.74, 6) is 1.01. The molecule has 2 N–H and O–H groups in total. The van der Waals surface area contributed by atoms with Gasteiger partial charge >= 0.3 is 0 Å². The van der Waals surface area contributed by atoms with Crippen LogP contribution in [0.3, 0.4) is 0 Å². The van der Waals surface area contributed by atoms with Crippen LogP contribution in [0.25, 0.3) is 0 Å². The number of aryl methyl sites for hydroxylation is 1. The first-order valence-corrected chi connectivity index (χ1v) is 10.1. The molecule has 1 aromatic rings. The van der Waals surface area contributed by atoms with E-state index >= 15 is 0 Å². The summed E-state index contributed by atoms with van der Waals surface area (Å²) in [6.45, 7) is 6.67. The molecular formula is C17H27FIN3O2S. The number of aliphatic imine (C=N–C) groups is 1. The minimum absolute atomic E-state index is 0. The molecule has 1 aromatic carbocycles. The van der Waals surface area contributed by atoms with Gasteiger partial charge in [0.15, 0.2) is 15.8 Å². The van der Waals surface area contributed by atoms with E-state index < -0.39 is 9.84 Å². The Labute approximate surface area is 166 Å². The number of rotatable bonds is 5. The number of hydrogen-bond acceptors (Lipinski definition) is 3. The van der Waals surface area contributed by atoms with Gasteiger partial charge < -0.3 is 10.6 Å². The van der Waals surface area contributed by atoms with Crippen LogP contribution in [-0.2, 0) is 16.4 Å². The van der Waals surface area contributed by atoms with Crippen LogP contribution in [0.1, 0.15) is 31.4 Å². The molecule has 0 aromatic heterocycles. The lowest BCUT2D eigenvalue weighted by atomic mass is 10.1. The minimum atomic E-state index is -2.87. The Bertz CT molecular complexity index is 708. The van der Waals surface area contributed by atoms with E-state index in [2.05, 4.69) is 15.6 Å². The Morgan fingerprint density at radius 1 is 1.40 bits per heavy atom. The molecule has 142 valence electrons. The highest BCUT2D eigenvalue weighted by Crippen LogP contribution is 2.17. The normalized spacial score (nSPS) is 19.6. The molecule has 5 nitrogen and oxygen atoms in total. The Morgan fingerprint density at radius 3 is 2.68 bits per heavy atom. The third kappa shape index (κ3) is 7.47. The van der Waals surface area contributed by atoms with E-state index in [1.807, 2.05) is 19.9 Å². The number of nitrogens with one attached hydrogen (secondary N) is 2. The van der Waals surface area contributed by atoms with E-state index in [1.54, 1.807) is 13.0 Å². The lowest BCUT2D eigenvalue weighted by molar-refractivity contribution is 0.562. The maximum Gasteiger partial charge on any atom is 0.191 e. The van der Waals surface area contributed by atoms with Crippen molar-refractivity contribution in [3.05, 3.63) is 35.1 Å². The molecule has 0 spiro atoms. The van der Waals surface area contributed by atoms with Crippen molar-refractivity contribution in [2.24, 2.45) is 10.9 Å². The van der Waals surface area contributed by atoms with Gasteiger partial charge in [-0.3, -0.25) is 0 Å². The van der Waals surface area contributed by atoms with Gasteiger partial charge in [0.1, 0.15) is 5.82 Å². The van der Waals surface area contributed by atoms with Crippen LogP contribution in [0.5, 0.6) is 0 Å². The number of hydrogen-bond donors (Lipinski definition) is 2. The van der Waals surface area contributed by atoms with Gasteiger partial charge in [0.2, 0.25) is 0 Å². The smallest absolute Gasteiger partial charge is 0.191 e. The van der Waals surface area contributed by atoms with Crippen molar-refractivity contribution in [3.63, 3.8) is 0 Å². The number of benzene rings is 1. The van der Waals surface area contributed by atoms with Crippen molar-refractivity contribution in [2.45, 2.75) is 39.8 Å². The van der Waals surface area contributed by atoms with Crippen molar-refractivity contribution in [1.82, 2.24) is 10.6 Å². The van der Waals surface area contributed by atoms with E-state index in [9.17, 15) is 12.8 Å². The minimum Gasteiger partial charge on any atom is -0.356 e. The second-order valence-corrected chi connectivity index (χ2v) is 8.93. The number of halogens is 2. The van der Waals surface area contributed by atoms with Crippen LogP contribution in [-0.4, -0.2) is 38.5 Å². The lowest BCUT2D eigenvalue weighted by Crippen LogP contribution is -2.43. The van der Waals surface area contributed by atoms with Gasteiger partial charge in [0.25, 0.3) is 0 Å². The third-order valence-corrected chi connectivity index (χ3v) is 5.80. The summed E-state index contributed by atoms with van der Waals surface area (Å²) < 4.78 is 36.7. The predicted molar refractivity (Wildman–Crippen MR) is 111 cm³/mol. The molecule has 25 heavy (non-hydrogen) atoms. The van der Waals surface area contributed by atoms with Crippen LogP contribution in [0.2, 0.25) is 0 Å². The lowest BCUT2D eigenvalue weighted by Gasteiger charge is -2.17. The summed E-state index contributed by atoms with van der Waals surface area (Å²) in [7, 11) is -2.87.